The highest BCUT2D eigenvalue weighted by atomic mass is 16.7. The minimum Gasteiger partial charge on any atom is -0.395 e. The Labute approximate surface area is 248 Å². The summed E-state index contributed by atoms with van der Waals surface area (Å²) in [5.74, 6) is 0. The van der Waals surface area contributed by atoms with Gasteiger partial charge in [-0.25, -0.2) is 0 Å². The molecule has 2 saturated heterocycles. The van der Waals surface area contributed by atoms with Gasteiger partial charge >= 0.3 is 0 Å². The van der Waals surface area contributed by atoms with Gasteiger partial charge in [0.25, 0.3) is 0 Å². The van der Waals surface area contributed by atoms with Crippen LogP contribution >= 0.6 is 0 Å². The largest absolute Gasteiger partial charge is 0.395 e. The maximum Gasteiger partial charge on any atom is 0.187 e. The van der Waals surface area contributed by atoms with Crippen molar-refractivity contribution in [1.82, 2.24) is 10.6 Å². The predicted octanol–water partition coefficient (Wildman–Crippen LogP) is -9.39. The van der Waals surface area contributed by atoms with E-state index < -0.39 is 110 Å². The summed E-state index contributed by atoms with van der Waals surface area (Å²) in [5, 5.41) is 98.4. The lowest BCUT2D eigenvalue weighted by molar-refractivity contribution is -0.333. The fourth-order valence-electron chi connectivity index (χ4n) is 5.38. The van der Waals surface area contributed by atoms with E-state index in [2.05, 4.69) is 10.6 Å². The lowest BCUT2D eigenvalue weighted by Gasteiger charge is -2.49. The van der Waals surface area contributed by atoms with Crippen LogP contribution in [-0.2, 0) is 18.9 Å². The molecule has 3 aliphatic rings. The van der Waals surface area contributed by atoms with Crippen molar-refractivity contribution in [2.45, 2.75) is 110 Å². The van der Waals surface area contributed by atoms with Gasteiger partial charge in [0.15, 0.2) is 12.6 Å². The van der Waals surface area contributed by atoms with Crippen LogP contribution in [0.1, 0.15) is 6.42 Å². The lowest BCUT2D eigenvalue weighted by atomic mass is 9.83. The molecule has 19 heteroatoms. The summed E-state index contributed by atoms with van der Waals surface area (Å²) in [6.07, 6.45) is -18.3. The molecule has 1 saturated carbocycles. The van der Waals surface area contributed by atoms with Crippen molar-refractivity contribution in [3.63, 3.8) is 0 Å². The molecule has 0 amide bonds. The molecule has 1 aliphatic carbocycles. The number of ether oxygens (including phenoxy) is 4. The molecule has 2 aliphatic heterocycles. The molecule has 17 atom stereocenters. The van der Waals surface area contributed by atoms with Gasteiger partial charge in [0.2, 0.25) is 0 Å². The van der Waals surface area contributed by atoms with Crippen LogP contribution in [0.2, 0.25) is 0 Å². The first-order valence-corrected chi connectivity index (χ1v) is 14.3. The van der Waals surface area contributed by atoms with E-state index in [-0.39, 0.29) is 39.2 Å². The molecule has 0 aromatic heterocycles. The van der Waals surface area contributed by atoms with E-state index in [0.717, 1.165) is 0 Å². The van der Waals surface area contributed by atoms with Crippen molar-refractivity contribution in [3.8, 4) is 0 Å². The third-order valence-electron chi connectivity index (χ3n) is 8.08. The van der Waals surface area contributed by atoms with Crippen LogP contribution in [0, 0.1) is 0 Å². The fraction of sp³-hybridized carbons (Fsp3) is 1.00. The van der Waals surface area contributed by atoms with Gasteiger partial charge in [-0.2, -0.15) is 0 Å². The molecule has 3 unspecified atom stereocenters. The molecule has 3 fully saturated rings. The molecule has 2 heterocycles. The topological polar surface area (TPSA) is 347 Å². The molecule has 0 spiro atoms. The lowest BCUT2D eigenvalue weighted by Crippen LogP contribution is -2.69. The number of hydrogen-bond donors (Lipinski definition) is 15. The second-order valence-electron chi connectivity index (χ2n) is 11.4. The van der Waals surface area contributed by atoms with Crippen LogP contribution in [0.4, 0.5) is 0 Å². The van der Waals surface area contributed by atoms with Gasteiger partial charge in [0, 0.05) is 44.3 Å². The van der Waals surface area contributed by atoms with Crippen LogP contribution in [0.25, 0.3) is 0 Å². The second-order valence-corrected chi connectivity index (χ2v) is 11.4. The highest BCUT2D eigenvalue weighted by Crippen LogP contribution is 2.32. The highest BCUT2D eigenvalue weighted by molar-refractivity contribution is 5.02. The Balaban J connectivity index is 1.78. The third-order valence-corrected chi connectivity index (χ3v) is 8.08. The molecule has 19 nitrogen and oxygen atoms in total. The van der Waals surface area contributed by atoms with E-state index in [0.29, 0.717) is 0 Å². The number of hydrogen-bond acceptors (Lipinski definition) is 19. The smallest absolute Gasteiger partial charge is 0.187 e. The van der Waals surface area contributed by atoms with Gasteiger partial charge in [0.05, 0.1) is 25.4 Å². The zero-order valence-electron chi connectivity index (χ0n) is 23.7. The number of nitrogens with two attached hydrogens (primary N) is 4. The molecule has 0 radical (unpaired) electrons. The van der Waals surface area contributed by atoms with Gasteiger partial charge in [-0.15, -0.1) is 0 Å². The van der Waals surface area contributed by atoms with Crippen LogP contribution in [0.15, 0.2) is 0 Å². The predicted molar refractivity (Wildman–Crippen MR) is 146 cm³/mol. The first-order chi connectivity index (χ1) is 20.3. The minimum absolute atomic E-state index is 0.0132. The monoisotopic (exact) mass is 630 g/mol. The number of nitrogens with one attached hydrogen (secondary N) is 2. The number of aliphatic hydroxyl groups is 9. The zero-order valence-corrected chi connectivity index (χ0v) is 23.7. The molecule has 254 valence electrons. The van der Waals surface area contributed by atoms with E-state index >= 15 is 0 Å². The Kier molecular flexibility index (Phi) is 14.3. The summed E-state index contributed by atoms with van der Waals surface area (Å²) in [6, 6.07) is -3.53. The molecule has 43 heavy (non-hydrogen) atoms. The third kappa shape index (κ3) is 8.95. The normalized spacial score (nSPS) is 45.6. The highest BCUT2D eigenvalue weighted by Gasteiger charge is 2.52. The summed E-state index contributed by atoms with van der Waals surface area (Å²) < 4.78 is 23.1. The van der Waals surface area contributed by atoms with Gasteiger partial charge < -0.3 is 98.5 Å². The van der Waals surface area contributed by atoms with E-state index in [1.807, 2.05) is 0 Å². The molecular weight excluding hydrogens is 580 g/mol. The molecule has 0 aromatic carbocycles. The molecular formula is C24H50N6O13. The molecule has 0 bridgehead atoms. The summed E-state index contributed by atoms with van der Waals surface area (Å²) in [4.78, 5) is 0. The SMILES string of the molecule is NCC(O)CN[C@@H]1C[C@H](N)C(O[C@H]2O[C@H](CNCC(N)CO)[C@@H](O)[C@H](O)[C@H]2O)[C@H](O)[C@H]1O[C@H]1O[C@H](CO)[C@@H](O)[C@H](N)[C@H]1O. The van der Waals surface area contributed by atoms with E-state index in [9.17, 15) is 40.9 Å². The molecule has 19 N–H and O–H groups in total. The van der Waals surface area contributed by atoms with Crippen molar-refractivity contribution in [2.75, 3.05) is 39.4 Å². The van der Waals surface area contributed by atoms with E-state index in [4.69, 9.17) is 47.0 Å². The van der Waals surface area contributed by atoms with Crippen LogP contribution in [-0.4, -0.2) is 189 Å². The molecule has 0 aromatic rings. The van der Waals surface area contributed by atoms with Crippen molar-refractivity contribution < 1.29 is 64.9 Å². The quantitative estimate of drug-likeness (QED) is 0.0846. The number of aliphatic hydroxyl groups excluding tert-OH is 9. The average Bonchev–Trinajstić information content (AvgIpc) is 2.99. The Morgan fingerprint density at radius 3 is 2.05 bits per heavy atom. The average molecular weight is 631 g/mol. The van der Waals surface area contributed by atoms with Crippen molar-refractivity contribution in [2.24, 2.45) is 22.9 Å². The van der Waals surface area contributed by atoms with Crippen molar-refractivity contribution in [3.05, 3.63) is 0 Å². The summed E-state index contributed by atoms with van der Waals surface area (Å²) in [6.45, 7) is -0.865. The van der Waals surface area contributed by atoms with Gasteiger partial charge in [-0.05, 0) is 6.42 Å². The summed E-state index contributed by atoms with van der Waals surface area (Å²) in [7, 11) is 0. The minimum atomic E-state index is -1.74. The van der Waals surface area contributed by atoms with Crippen molar-refractivity contribution >= 4 is 0 Å². The zero-order chi connectivity index (χ0) is 32.0. The van der Waals surface area contributed by atoms with Crippen LogP contribution in [0.3, 0.4) is 0 Å². The first-order valence-electron chi connectivity index (χ1n) is 14.3. The van der Waals surface area contributed by atoms with Crippen molar-refractivity contribution in [1.29, 1.82) is 0 Å². The maximum atomic E-state index is 11.5. The maximum absolute atomic E-state index is 11.5. The Hall–Kier alpha value is -0.760. The van der Waals surface area contributed by atoms with Gasteiger partial charge in [0.1, 0.15) is 61.0 Å². The first kappa shape index (κ1) is 36.7. The number of rotatable bonds is 14. The second kappa shape index (κ2) is 16.7. The van der Waals surface area contributed by atoms with Gasteiger partial charge in [-0.1, -0.05) is 0 Å². The fourth-order valence-corrected chi connectivity index (χ4v) is 5.38. The summed E-state index contributed by atoms with van der Waals surface area (Å²) in [5.41, 5.74) is 23.4. The van der Waals surface area contributed by atoms with Gasteiger partial charge in [-0.3, -0.25) is 0 Å². The van der Waals surface area contributed by atoms with Crippen LogP contribution in [0.5, 0.6) is 0 Å². The van der Waals surface area contributed by atoms with Crippen LogP contribution < -0.4 is 33.6 Å². The standard InChI is InChI=1S/C24H50N6O13/c25-2-9(33)4-30-11-1-10(27)21(20(39)22(11)43-23-17(36)14(28)15(34)13(7-32)41-23)42-24-19(38)18(37)16(35)12(40-24)5-29-3-8(26)6-31/h8-24,29-39H,1-7,25-28H2/t8?,9?,10-,11+,12+,13+,14-,15+,16+,17+,18-,19+,20-,21?,22-,23+,24+/m0/s1. The Morgan fingerprint density at radius 1 is 0.791 bits per heavy atom. The summed E-state index contributed by atoms with van der Waals surface area (Å²) >= 11 is 0. The van der Waals surface area contributed by atoms with E-state index in [1.165, 1.54) is 0 Å². The Bertz CT molecular complexity index is 826. The molecule has 3 rings (SSSR count). The van der Waals surface area contributed by atoms with E-state index in [1.54, 1.807) is 0 Å². The Morgan fingerprint density at radius 2 is 1.42 bits per heavy atom.